The van der Waals surface area contributed by atoms with Gasteiger partial charge in [-0.3, -0.25) is 4.72 Å². The van der Waals surface area contributed by atoms with E-state index in [4.69, 9.17) is 0 Å². The number of anilines is 1. The summed E-state index contributed by atoms with van der Waals surface area (Å²) in [5.74, 6) is 0.227. The SMILES string of the molecule is CC(C)(C)c1nc2ccc(S(=O)(=O)Nc3cnsn3)cc2s1. The molecule has 0 radical (unpaired) electrons. The Hall–Kier alpha value is -1.58. The molecule has 9 heteroatoms. The van der Waals surface area contributed by atoms with Gasteiger partial charge >= 0.3 is 0 Å². The Morgan fingerprint density at radius 2 is 2.00 bits per heavy atom. The molecule has 0 saturated carbocycles. The molecule has 0 aliphatic heterocycles. The van der Waals surface area contributed by atoms with Crippen molar-refractivity contribution in [1.82, 2.24) is 13.7 Å². The summed E-state index contributed by atoms with van der Waals surface area (Å²) in [5.41, 5.74) is 0.747. The molecule has 0 unspecified atom stereocenters. The Bertz CT molecular complexity index is 909. The summed E-state index contributed by atoms with van der Waals surface area (Å²) in [4.78, 5) is 4.76. The standard InChI is InChI=1S/C13H14N4O2S3/c1-13(2,3)12-15-9-5-4-8(6-10(9)20-12)22(18,19)17-11-7-14-21-16-11/h4-7H,1-3H3,(H,16,17). The number of sulfonamides is 1. The Balaban J connectivity index is 2.01. The molecular weight excluding hydrogens is 340 g/mol. The number of thiazole rings is 1. The summed E-state index contributed by atoms with van der Waals surface area (Å²) in [6.45, 7) is 6.25. The molecule has 0 aliphatic carbocycles. The second kappa shape index (κ2) is 5.25. The fourth-order valence-corrected chi connectivity index (χ4v) is 4.38. The molecule has 6 nitrogen and oxygen atoms in total. The third-order valence-corrected chi connectivity index (χ3v) is 6.19. The number of nitrogens with one attached hydrogen (secondary N) is 1. The lowest BCUT2D eigenvalue weighted by Gasteiger charge is -2.13. The van der Waals surface area contributed by atoms with E-state index in [1.165, 1.54) is 17.5 Å². The van der Waals surface area contributed by atoms with Crippen molar-refractivity contribution in [3.63, 3.8) is 0 Å². The number of aromatic nitrogens is 3. The van der Waals surface area contributed by atoms with E-state index in [1.807, 2.05) is 0 Å². The minimum atomic E-state index is -3.67. The predicted octanol–water partition coefficient (Wildman–Crippen LogP) is 3.25. The van der Waals surface area contributed by atoms with E-state index < -0.39 is 10.0 Å². The molecule has 0 saturated heterocycles. The van der Waals surface area contributed by atoms with Crippen LogP contribution in [0.1, 0.15) is 25.8 Å². The normalized spacial score (nSPS) is 12.7. The molecule has 2 heterocycles. The molecule has 0 bridgehead atoms. The maximum atomic E-state index is 12.4. The minimum Gasteiger partial charge on any atom is -0.261 e. The van der Waals surface area contributed by atoms with Crippen LogP contribution in [0.5, 0.6) is 0 Å². The van der Waals surface area contributed by atoms with Crippen LogP contribution in [0.15, 0.2) is 29.3 Å². The van der Waals surface area contributed by atoms with Crippen LogP contribution in [-0.2, 0) is 15.4 Å². The number of nitrogens with zero attached hydrogens (tertiary/aromatic N) is 3. The molecule has 22 heavy (non-hydrogen) atoms. The first-order valence-corrected chi connectivity index (χ1v) is 9.50. The highest BCUT2D eigenvalue weighted by atomic mass is 32.2. The predicted molar refractivity (Wildman–Crippen MR) is 89.0 cm³/mol. The molecule has 1 N–H and O–H groups in total. The van der Waals surface area contributed by atoms with Gasteiger partial charge in [0.1, 0.15) is 0 Å². The second-order valence-corrected chi connectivity index (χ2v) is 9.07. The number of hydrogen-bond acceptors (Lipinski definition) is 7. The summed E-state index contributed by atoms with van der Waals surface area (Å²) >= 11 is 2.46. The molecule has 3 aromatic rings. The second-order valence-electron chi connectivity index (χ2n) is 5.80. The van der Waals surface area contributed by atoms with Crippen LogP contribution in [0, 0.1) is 0 Å². The average Bonchev–Trinajstić information content (AvgIpc) is 3.04. The van der Waals surface area contributed by atoms with Crippen molar-refractivity contribution < 1.29 is 8.42 Å². The first-order chi connectivity index (χ1) is 10.3. The Labute approximate surface area is 136 Å². The van der Waals surface area contributed by atoms with E-state index in [0.717, 1.165) is 27.0 Å². The van der Waals surface area contributed by atoms with E-state index >= 15 is 0 Å². The van der Waals surface area contributed by atoms with Crippen LogP contribution in [0.3, 0.4) is 0 Å². The highest BCUT2D eigenvalue weighted by Crippen LogP contribution is 2.32. The molecule has 0 atom stereocenters. The Kier molecular flexibility index (Phi) is 3.66. The van der Waals surface area contributed by atoms with Crippen molar-refractivity contribution in [3.05, 3.63) is 29.4 Å². The van der Waals surface area contributed by atoms with Gasteiger partial charge < -0.3 is 0 Å². The van der Waals surface area contributed by atoms with E-state index in [2.05, 4.69) is 39.2 Å². The summed E-state index contributed by atoms with van der Waals surface area (Å²) in [6, 6.07) is 4.93. The van der Waals surface area contributed by atoms with Gasteiger partial charge in [-0.2, -0.15) is 8.75 Å². The Morgan fingerprint density at radius 1 is 1.23 bits per heavy atom. The van der Waals surface area contributed by atoms with Crippen LogP contribution in [-0.4, -0.2) is 22.1 Å². The zero-order valence-electron chi connectivity index (χ0n) is 12.2. The van der Waals surface area contributed by atoms with Crippen molar-refractivity contribution in [2.75, 3.05) is 4.72 Å². The highest BCUT2D eigenvalue weighted by Gasteiger charge is 2.21. The van der Waals surface area contributed by atoms with Crippen molar-refractivity contribution in [1.29, 1.82) is 0 Å². The number of rotatable bonds is 3. The molecular formula is C13H14N4O2S3. The van der Waals surface area contributed by atoms with Gasteiger partial charge in [0.25, 0.3) is 10.0 Å². The molecule has 0 amide bonds. The largest absolute Gasteiger partial charge is 0.263 e. The van der Waals surface area contributed by atoms with E-state index in [-0.39, 0.29) is 16.1 Å². The first-order valence-electron chi connectivity index (χ1n) is 6.47. The smallest absolute Gasteiger partial charge is 0.261 e. The van der Waals surface area contributed by atoms with Gasteiger partial charge in [-0.05, 0) is 18.2 Å². The van der Waals surface area contributed by atoms with Crippen molar-refractivity contribution in [2.24, 2.45) is 0 Å². The lowest BCUT2D eigenvalue weighted by atomic mass is 9.98. The fraction of sp³-hybridized carbons (Fsp3) is 0.308. The van der Waals surface area contributed by atoms with E-state index in [1.54, 1.807) is 18.2 Å². The summed E-state index contributed by atoms with van der Waals surface area (Å²) in [7, 11) is -3.67. The van der Waals surface area contributed by atoms with Gasteiger partial charge in [0.2, 0.25) is 0 Å². The van der Waals surface area contributed by atoms with Crippen LogP contribution in [0.25, 0.3) is 10.2 Å². The van der Waals surface area contributed by atoms with Crippen LogP contribution in [0.4, 0.5) is 5.82 Å². The number of hydrogen-bond donors (Lipinski definition) is 1. The van der Waals surface area contributed by atoms with Crippen LogP contribution >= 0.6 is 23.1 Å². The highest BCUT2D eigenvalue weighted by molar-refractivity contribution is 7.92. The topological polar surface area (TPSA) is 84.8 Å². The van der Waals surface area contributed by atoms with Crippen molar-refractivity contribution >= 4 is 49.1 Å². The average molecular weight is 354 g/mol. The lowest BCUT2D eigenvalue weighted by Crippen LogP contribution is -2.12. The lowest BCUT2D eigenvalue weighted by molar-refractivity contribution is 0.587. The fourth-order valence-electron chi connectivity index (χ4n) is 1.80. The van der Waals surface area contributed by atoms with Gasteiger partial charge in [-0.1, -0.05) is 20.8 Å². The molecule has 0 aliphatic rings. The van der Waals surface area contributed by atoms with E-state index in [0.29, 0.717) is 0 Å². The van der Waals surface area contributed by atoms with Crippen molar-refractivity contribution in [3.8, 4) is 0 Å². The third-order valence-electron chi connectivity index (χ3n) is 2.91. The number of fused-ring (bicyclic) bond motifs is 1. The van der Waals surface area contributed by atoms with Gasteiger partial charge in [0, 0.05) is 5.41 Å². The van der Waals surface area contributed by atoms with Gasteiger partial charge in [0.05, 0.1) is 38.0 Å². The quantitative estimate of drug-likeness (QED) is 0.780. The molecule has 0 spiro atoms. The molecule has 3 rings (SSSR count). The zero-order chi connectivity index (χ0) is 16.0. The maximum Gasteiger partial charge on any atom is 0.263 e. The van der Waals surface area contributed by atoms with Gasteiger partial charge in [-0.15, -0.1) is 11.3 Å². The summed E-state index contributed by atoms with van der Waals surface area (Å²) in [5, 5.41) is 0.980. The van der Waals surface area contributed by atoms with E-state index in [9.17, 15) is 8.42 Å². The first kappa shape index (κ1) is 15.3. The molecule has 116 valence electrons. The van der Waals surface area contributed by atoms with Gasteiger partial charge in [-0.25, -0.2) is 13.4 Å². The molecule has 0 fully saturated rings. The maximum absolute atomic E-state index is 12.4. The summed E-state index contributed by atoms with van der Waals surface area (Å²) in [6.07, 6.45) is 1.38. The third kappa shape index (κ3) is 2.96. The molecule has 2 aromatic heterocycles. The Morgan fingerprint density at radius 3 is 2.64 bits per heavy atom. The van der Waals surface area contributed by atoms with Gasteiger partial charge in [0.15, 0.2) is 5.82 Å². The minimum absolute atomic E-state index is 0.0623. The summed E-state index contributed by atoms with van der Waals surface area (Å²) < 4.78 is 35.6. The molecule has 1 aromatic carbocycles. The van der Waals surface area contributed by atoms with Crippen LogP contribution in [0.2, 0.25) is 0 Å². The number of benzene rings is 1. The van der Waals surface area contributed by atoms with Crippen LogP contribution < -0.4 is 4.72 Å². The van der Waals surface area contributed by atoms with Crippen molar-refractivity contribution in [2.45, 2.75) is 31.1 Å². The monoisotopic (exact) mass is 354 g/mol. The zero-order valence-corrected chi connectivity index (χ0v) is 14.6.